The summed E-state index contributed by atoms with van der Waals surface area (Å²) in [7, 11) is 6.64. The van der Waals surface area contributed by atoms with Gasteiger partial charge in [-0.25, -0.2) is 0 Å². The van der Waals surface area contributed by atoms with E-state index in [-0.39, 0.29) is 74.0 Å². The van der Waals surface area contributed by atoms with E-state index in [1.54, 1.807) is 0 Å². The second-order valence-corrected chi connectivity index (χ2v) is 40.2. The zero-order chi connectivity index (χ0) is 96.3. The minimum absolute atomic E-state index is 0. The first-order valence-corrected chi connectivity index (χ1v) is 50.1. The first-order chi connectivity index (χ1) is 70.6. The molecule has 14 nitrogen and oxygen atoms in total. The molecule has 17 heteroatoms. The Morgan fingerprint density at radius 3 is 1.44 bits per heavy atom. The molecule has 35 rings (SSSR count). The summed E-state index contributed by atoms with van der Waals surface area (Å²) >= 11 is 0. The number of para-hydroxylation sites is 6. The summed E-state index contributed by atoms with van der Waals surface area (Å²) in [5.74, 6) is 2.23. The van der Waals surface area contributed by atoms with Crippen molar-refractivity contribution in [1.82, 2.24) is 57.4 Å². The van der Waals surface area contributed by atoms with Gasteiger partial charge >= 0.3 is 63.2 Å². The number of rotatable bonds is 0. The van der Waals surface area contributed by atoms with Crippen LogP contribution in [0.4, 0.5) is 0 Å². The van der Waals surface area contributed by atoms with E-state index < -0.39 is 0 Å². The topological polar surface area (TPSA) is 125 Å². The normalized spacial score (nSPS) is 13.8. The van der Waals surface area contributed by atoms with Crippen LogP contribution in [0.2, 0.25) is 0 Å². The summed E-state index contributed by atoms with van der Waals surface area (Å²) in [6, 6.07) is 133. The average molecular weight is 2450 g/mol. The largest absolute Gasteiger partial charge is 2.00 e. The van der Waals surface area contributed by atoms with E-state index in [1.165, 1.54) is 149 Å². The van der Waals surface area contributed by atoms with Gasteiger partial charge in [-0.3, -0.25) is 19.6 Å². The molecule has 147 heavy (non-hydrogen) atoms. The van der Waals surface area contributed by atoms with Crippen LogP contribution in [0.1, 0.15) is 112 Å². The van der Waals surface area contributed by atoms with Gasteiger partial charge in [-0.1, -0.05) is 245 Å². The Morgan fingerprint density at radius 1 is 0.333 bits per heavy atom. The third-order valence-electron chi connectivity index (χ3n) is 31.4. The van der Waals surface area contributed by atoms with Crippen LogP contribution >= 0.6 is 0 Å². The number of pyridine rings is 5. The van der Waals surface area contributed by atoms with Gasteiger partial charge in [0.25, 0.3) is 0 Å². The first-order valence-electron chi connectivity index (χ1n) is 50.1. The van der Waals surface area contributed by atoms with Crippen molar-refractivity contribution in [3.05, 3.63) is 449 Å². The van der Waals surface area contributed by atoms with Crippen molar-refractivity contribution in [3.8, 4) is 79.7 Å². The summed E-state index contributed by atoms with van der Waals surface area (Å²) in [5, 5.41) is 18.6. The number of imidazole rings is 1. The van der Waals surface area contributed by atoms with E-state index in [2.05, 4.69) is 363 Å². The third-order valence-corrected chi connectivity index (χ3v) is 31.4. The minimum atomic E-state index is -0.228. The molecule has 11 aromatic heterocycles. The number of aromatic nitrogens is 12. The van der Waals surface area contributed by atoms with Crippen LogP contribution in [0, 0.1) is 36.4 Å². The molecule has 0 unspecified atom stereocenters. The third kappa shape index (κ3) is 16.2. The summed E-state index contributed by atoms with van der Waals surface area (Å²) in [6.45, 7) is 9.59. The van der Waals surface area contributed by atoms with Crippen LogP contribution in [0.3, 0.4) is 0 Å². The fourth-order valence-corrected chi connectivity index (χ4v) is 23.7. The molecule has 0 saturated carbocycles. The van der Waals surface area contributed by atoms with Gasteiger partial charge in [-0.15, -0.1) is 155 Å². The van der Waals surface area contributed by atoms with Crippen molar-refractivity contribution in [2.75, 3.05) is 0 Å². The predicted octanol–water partition coefficient (Wildman–Crippen LogP) is 29.1. The number of hydrogen-bond donors (Lipinski definition) is 0. The molecule has 0 spiro atoms. The zero-order valence-corrected chi connectivity index (χ0v) is 89.0. The van der Waals surface area contributed by atoms with E-state index >= 15 is 0 Å². The number of benzene rings is 14. The van der Waals surface area contributed by atoms with Crippen LogP contribution in [0.15, 0.2) is 334 Å². The van der Waals surface area contributed by atoms with Gasteiger partial charge in [-0.05, 0) is 182 Å². The molecular formula is C130H98N12O2Pt3. The quantitative estimate of drug-likeness (QED) is 0.109. The van der Waals surface area contributed by atoms with Gasteiger partial charge in [0.15, 0.2) is 0 Å². The molecule has 14 aromatic carbocycles. The van der Waals surface area contributed by atoms with E-state index in [4.69, 9.17) is 39.5 Å². The molecule has 0 saturated heterocycles. The monoisotopic (exact) mass is 2440 g/mol. The molecule has 21 heterocycles. The maximum Gasteiger partial charge on any atom is 2.00 e. The first kappa shape index (κ1) is 94.3. The standard InChI is InChI=1S/C46H34N4.C45H35N5O.C39H29N3O.3Pt/c1-49-45-32-9-4-8-30-19-24-42(47-28-30)35-22-23-38-37-14-2-3-17-43(37)50(44(38)27-35)36-13-5-12-34(26-36)41-25-20-31(29-48-41)18-21-33-11-7-16-40(46(33)49)39(45)15-6-10-32;1-44(2)35-15-9-14-33-32-19-18-31-25-34(32)43-46-36(42(45(44,3)4)50(43)41(33)35)23-27-11-7-17-38-40(27)39-26(10-6-16-37(39)48(38)5)22-28-20-21-49(47-28)29-12-8-13-30(24-29)51-31;1-42-38-30-6-2-8-32(38)33-9-3-7-31(39(33)42)25-19-27-16-22-29(23-17-27)35-11-5-13-37(41-35)43-36-12-4-10-34(40-36)28-20-14-26(15-21-28)18-24-30;;;/h2-3,5-7,10-17,19-20,22-25,28-29H,4,8-9,18,21H2,1H3;6-21H,22-23H2,1-5H3;2-17,20,22H,18-19,24-25H2,1H3;;;/q3*-2;3*+2. The number of hydrogen-bond acceptors (Lipinski definition) is 8. The van der Waals surface area contributed by atoms with Gasteiger partial charge < -0.3 is 42.1 Å². The van der Waals surface area contributed by atoms with Crippen LogP contribution in [-0.2, 0) is 159 Å². The van der Waals surface area contributed by atoms with Crippen LogP contribution in [-0.4, -0.2) is 57.4 Å². The van der Waals surface area contributed by atoms with E-state index in [0.29, 0.717) is 36.1 Å². The van der Waals surface area contributed by atoms with Crippen molar-refractivity contribution in [2.24, 2.45) is 21.1 Å². The second-order valence-electron chi connectivity index (χ2n) is 40.2. The van der Waals surface area contributed by atoms with Crippen molar-refractivity contribution in [2.45, 2.75) is 109 Å². The van der Waals surface area contributed by atoms with Gasteiger partial charge in [0, 0.05) is 135 Å². The van der Waals surface area contributed by atoms with Gasteiger partial charge in [0.2, 0.25) is 11.8 Å². The van der Waals surface area contributed by atoms with E-state index in [1.807, 2.05) is 83.9 Å². The second kappa shape index (κ2) is 37.8. The van der Waals surface area contributed by atoms with Crippen molar-refractivity contribution in [3.63, 3.8) is 0 Å². The van der Waals surface area contributed by atoms with Crippen LogP contribution in [0.25, 0.3) is 171 Å². The van der Waals surface area contributed by atoms with Crippen molar-refractivity contribution < 1.29 is 72.7 Å². The Kier molecular flexibility index (Phi) is 24.2. The molecule has 10 aliphatic heterocycles. The summed E-state index contributed by atoms with van der Waals surface area (Å²) < 4.78 is 26.4. The maximum atomic E-state index is 6.50. The Balaban J connectivity index is 0.000000117. The fourth-order valence-electron chi connectivity index (χ4n) is 23.7. The van der Waals surface area contributed by atoms with Gasteiger partial charge in [0.05, 0.1) is 39.1 Å². The minimum Gasteiger partial charge on any atom is -0.503 e. The Labute approximate surface area is 895 Å². The molecule has 0 fully saturated rings. The van der Waals surface area contributed by atoms with Crippen LogP contribution in [0.5, 0.6) is 23.3 Å². The van der Waals surface area contributed by atoms with Gasteiger partial charge in [-0.2, -0.15) is 11.2 Å². The average Bonchev–Trinajstić information content (AvgIpc) is 1.55. The Hall–Kier alpha value is -15.0. The van der Waals surface area contributed by atoms with E-state index in [0.717, 1.165) is 158 Å². The molecule has 25 aromatic rings. The Morgan fingerprint density at radius 2 is 0.830 bits per heavy atom. The van der Waals surface area contributed by atoms with Gasteiger partial charge in [0.1, 0.15) is 0 Å². The predicted molar refractivity (Wildman–Crippen MR) is 581 cm³/mol. The zero-order valence-electron chi connectivity index (χ0n) is 82.2. The van der Waals surface area contributed by atoms with Crippen LogP contribution < -0.4 is 9.47 Å². The maximum absolute atomic E-state index is 6.50. The number of nitrogens with zero attached hydrogens (tertiary/aromatic N) is 12. The smallest absolute Gasteiger partial charge is 0.503 e. The molecule has 0 amide bonds. The number of ether oxygens (including phenoxy) is 2. The number of fused-ring (bicyclic) bond motifs is 13. The number of aryl methyl sites for hydroxylation is 11. The fraction of sp³-hybridized carbons (Fsp3) is 0.154. The molecule has 10 aliphatic rings. The van der Waals surface area contributed by atoms with Crippen molar-refractivity contribution >= 4 is 115 Å². The van der Waals surface area contributed by atoms with E-state index in [9.17, 15) is 0 Å². The molecular weight excluding hydrogens is 2350 g/mol. The molecule has 0 N–H and O–H groups in total. The summed E-state index contributed by atoms with van der Waals surface area (Å²) in [5.41, 5.74) is 38.6. The van der Waals surface area contributed by atoms with Crippen molar-refractivity contribution in [1.29, 1.82) is 0 Å². The summed E-state index contributed by atoms with van der Waals surface area (Å²) in [4.78, 5) is 25.0. The molecule has 0 aliphatic carbocycles. The molecule has 0 radical (unpaired) electrons. The SMILES string of the molecule is Cn1c2c3cccc2c2cccc(c21)CCc1c[c-]c(cc1)-c1cccc(n1)Oc1cccc(n1)-c1[c-]cc(cc1)CC3.Cn1c2c3cccc2c2cccc(c21)CCc1ccc(nc1)-c1[c-]c(ccc1)-n1c2[c-]c(ccc2c2ccccc21)-c1ccc(cn1)CCC3.Cn1c2cccc3c2c2c(cccc21)Cc1nc2c4[c-]c(ccc4c4cccc5c4n2c1C(C)(C)C5(C)C)Oc1[c-]c(ccc1)-n1ccc(n1)C3.[Pt+2].[Pt+2].[Pt+2]. The molecule has 28 bridgehead atoms. The summed E-state index contributed by atoms with van der Waals surface area (Å²) in [6.07, 6.45) is 16.2. The molecule has 0 atom stereocenters. The molecule has 720 valence electrons. The Bertz CT molecular complexity index is 9400.